The summed E-state index contributed by atoms with van der Waals surface area (Å²) in [7, 11) is 1.80. The minimum Gasteiger partial charge on any atom is -0.481 e. The summed E-state index contributed by atoms with van der Waals surface area (Å²) in [5.41, 5.74) is -0.0660. The van der Waals surface area contributed by atoms with E-state index in [9.17, 15) is 14.7 Å². The number of aryl methyl sites for hydroxylation is 1. The van der Waals surface area contributed by atoms with E-state index in [-0.39, 0.29) is 12.3 Å². The van der Waals surface area contributed by atoms with Crippen molar-refractivity contribution in [1.82, 2.24) is 15.1 Å². The summed E-state index contributed by atoms with van der Waals surface area (Å²) in [6.45, 7) is 3.97. The number of carbonyl (C=O) groups is 2. The highest BCUT2D eigenvalue weighted by Gasteiger charge is 2.36. The Hall–Kier alpha value is -1.85. The number of amides is 1. The molecule has 19 heavy (non-hydrogen) atoms. The first-order valence-electron chi connectivity index (χ1n) is 6.41. The van der Waals surface area contributed by atoms with Crippen molar-refractivity contribution in [3.05, 3.63) is 18.0 Å². The molecule has 1 amide bonds. The predicted molar refractivity (Wildman–Crippen MR) is 70.3 cm³/mol. The molecule has 0 aliphatic heterocycles. The van der Waals surface area contributed by atoms with E-state index in [1.807, 2.05) is 6.20 Å². The average Bonchev–Trinajstić information content (AvgIpc) is 2.79. The van der Waals surface area contributed by atoms with Gasteiger partial charge in [-0.1, -0.05) is 13.8 Å². The van der Waals surface area contributed by atoms with Gasteiger partial charge in [-0.05, 0) is 12.8 Å². The fourth-order valence-corrected chi connectivity index (χ4v) is 2.01. The number of nitrogens with zero attached hydrogens (tertiary/aromatic N) is 2. The molecule has 106 valence electrons. The lowest BCUT2D eigenvalue weighted by atomic mass is 9.79. The molecule has 0 spiro atoms. The normalized spacial score (nSPS) is 11.3. The van der Waals surface area contributed by atoms with Crippen molar-refractivity contribution in [2.45, 2.75) is 39.7 Å². The molecule has 1 aromatic heterocycles. The molecule has 6 heteroatoms. The number of carboxylic acid groups (broad SMARTS) is 1. The SMILES string of the molecule is CCC(CC)(CC(=O)NCc1cnn(C)c1)C(=O)O. The largest absolute Gasteiger partial charge is 0.481 e. The summed E-state index contributed by atoms with van der Waals surface area (Å²) >= 11 is 0. The summed E-state index contributed by atoms with van der Waals surface area (Å²) in [6.07, 6.45) is 4.38. The lowest BCUT2D eigenvalue weighted by molar-refractivity contribution is -0.152. The predicted octanol–water partition coefficient (Wildman–Crippen LogP) is 1.32. The van der Waals surface area contributed by atoms with Gasteiger partial charge in [-0.3, -0.25) is 14.3 Å². The second-order valence-corrected chi connectivity index (χ2v) is 4.77. The molecule has 0 radical (unpaired) electrons. The Kier molecular flexibility index (Phi) is 5.09. The van der Waals surface area contributed by atoms with Gasteiger partial charge in [0.05, 0.1) is 11.6 Å². The average molecular weight is 267 g/mol. The maximum Gasteiger partial charge on any atom is 0.310 e. The quantitative estimate of drug-likeness (QED) is 0.780. The molecule has 0 aromatic carbocycles. The van der Waals surface area contributed by atoms with Crippen LogP contribution in [0.15, 0.2) is 12.4 Å². The Balaban J connectivity index is 2.56. The molecule has 0 aliphatic rings. The van der Waals surface area contributed by atoms with E-state index in [1.54, 1.807) is 31.8 Å². The van der Waals surface area contributed by atoms with E-state index in [1.165, 1.54) is 0 Å². The molecular weight excluding hydrogens is 246 g/mol. The van der Waals surface area contributed by atoms with Crippen LogP contribution in [0.3, 0.4) is 0 Å². The van der Waals surface area contributed by atoms with E-state index in [0.717, 1.165) is 5.56 Å². The fourth-order valence-electron chi connectivity index (χ4n) is 2.01. The number of nitrogens with one attached hydrogen (secondary N) is 1. The highest BCUT2D eigenvalue weighted by atomic mass is 16.4. The van der Waals surface area contributed by atoms with Crippen LogP contribution in [-0.2, 0) is 23.2 Å². The maximum absolute atomic E-state index is 11.9. The molecule has 0 unspecified atom stereocenters. The Labute approximate surface area is 112 Å². The van der Waals surface area contributed by atoms with Crippen LogP contribution < -0.4 is 5.32 Å². The number of aromatic nitrogens is 2. The van der Waals surface area contributed by atoms with Gasteiger partial charge in [0.25, 0.3) is 0 Å². The van der Waals surface area contributed by atoms with Gasteiger partial charge in [-0.15, -0.1) is 0 Å². The summed E-state index contributed by atoms with van der Waals surface area (Å²) in [6, 6.07) is 0. The Morgan fingerprint density at radius 1 is 1.42 bits per heavy atom. The minimum absolute atomic E-state index is 0.00952. The van der Waals surface area contributed by atoms with Gasteiger partial charge < -0.3 is 10.4 Å². The first-order valence-corrected chi connectivity index (χ1v) is 6.41. The first-order chi connectivity index (χ1) is 8.93. The number of hydrogen-bond donors (Lipinski definition) is 2. The molecule has 0 aliphatic carbocycles. The van der Waals surface area contributed by atoms with Crippen LogP contribution in [0, 0.1) is 5.41 Å². The van der Waals surface area contributed by atoms with Crippen molar-refractivity contribution in [3.63, 3.8) is 0 Å². The number of hydrogen-bond acceptors (Lipinski definition) is 3. The maximum atomic E-state index is 11.9. The van der Waals surface area contributed by atoms with Gasteiger partial charge in [-0.25, -0.2) is 0 Å². The number of aliphatic carboxylic acids is 1. The van der Waals surface area contributed by atoms with Gasteiger partial charge in [0.15, 0.2) is 0 Å². The molecule has 2 N–H and O–H groups in total. The van der Waals surface area contributed by atoms with Crippen LogP contribution in [-0.4, -0.2) is 26.8 Å². The van der Waals surface area contributed by atoms with Gasteiger partial charge in [0.2, 0.25) is 5.91 Å². The van der Waals surface area contributed by atoms with Crippen molar-refractivity contribution >= 4 is 11.9 Å². The van der Waals surface area contributed by atoms with E-state index in [2.05, 4.69) is 10.4 Å². The second kappa shape index (κ2) is 6.36. The van der Waals surface area contributed by atoms with Crippen LogP contribution in [0.4, 0.5) is 0 Å². The van der Waals surface area contributed by atoms with E-state index < -0.39 is 11.4 Å². The summed E-state index contributed by atoms with van der Waals surface area (Å²) in [5.74, 6) is -1.15. The van der Waals surface area contributed by atoms with Gasteiger partial charge in [0.1, 0.15) is 0 Å². The Morgan fingerprint density at radius 3 is 2.47 bits per heavy atom. The lowest BCUT2D eigenvalue weighted by Crippen LogP contribution is -2.36. The molecule has 0 fully saturated rings. The number of carboxylic acids is 1. The Morgan fingerprint density at radius 2 is 2.05 bits per heavy atom. The van der Waals surface area contributed by atoms with Crippen LogP contribution >= 0.6 is 0 Å². The van der Waals surface area contributed by atoms with E-state index >= 15 is 0 Å². The van der Waals surface area contributed by atoms with Crippen LogP contribution in [0.2, 0.25) is 0 Å². The van der Waals surface area contributed by atoms with Gasteiger partial charge in [0, 0.05) is 31.8 Å². The smallest absolute Gasteiger partial charge is 0.310 e. The highest BCUT2D eigenvalue weighted by molar-refractivity contribution is 5.84. The Bertz CT molecular complexity index is 450. The zero-order chi connectivity index (χ0) is 14.5. The molecule has 1 heterocycles. The minimum atomic E-state index is -0.959. The third kappa shape index (κ3) is 3.81. The molecule has 6 nitrogen and oxygen atoms in total. The number of rotatable bonds is 7. The van der Waals surface area contributed by atoms with Crippen LogP contribution in [0.25, 0.3) is 0 Å². The van der Waals surface area contributed by atoms with E-state index in [0.29, 0.717) is 19.4 Å². The zero-order valence-corrected chi connectivity index (χ0v) is 11.6. The number of carbonyl (C=O) groups excluding carboxylic acids is 1. The molecule has 0 bridgehead atoms. The summed E-state index contributed by atoms with van der Waals surface area (Å²) in [4.78, 5) is 23.2. The standard InChI is InChI=1S/C13H21N3O3/c1-4-13(5-2,12(18)19)6-11(17)14-7-10-8-15-16(3)9-10/h8-9H,4-7H2,1-3H3,(H,14,17)(H,18,19). The van der Waals surface area contributed by atoms with E-state index in [4.69, 9.17) is 0 Å². The third-order valence-electron chi connectivity index (χ3n) is 3.55. The summed E-state index contributed by atoms with van der Waals surface area (Å²) < 4.78 is 1.65. The zero-order valence-electron chi connectivity index (χ0n) is 11.6. The van der Waals surface area contributed by atoms with Crippen molar-refractivity contribution in [2.24, 2.45) is 12.5 Å². The first kappa shape index (κ1) is 15.2. The fraction of sp³-hybridized carbons (Fsp3) is 0.615. The van der Waals surface area contributed by atoms with Gasteiger partial charge >= 0.3 is 5.97 Å². The molecule has 0 atom stereocenters. The van der Waals surface area contributed by atoms with Crippen molar-refractivity contribution < 1.29 is 14.7 Å². The van der Waals surface area contributed by atoms with Crippen molar-refractivity contribution in [2.75, 3.05) is 0 Å². The monoisotopic (exact) mass is 267 g/mol. The molecule has 1 rings (SSSR count). The van der Waals surface area contributed by atoms with Crippen LogP contribution in [0.5, 0.6) is 0 Å². The van der Waals surface area contributed by atoms with Crippen LogP contribution in [0.1, 0.15) is 38.7 Å². The second-order valence-electron chi connectivity index (χ2n) is 4.77. The third-order valence-corrected chi connectivity index (χ3v) is 3.55. The molecule has 0 saturated carbocycles. The van der Waals surface area contributed by atoms with Crippen molar-refractivity contribution in [3.8, 4) is 0 Å². The van der Waals surface area contributed by atoms with Crippen molar-refractivity contribution in [1.29, 1.82) is 0 Å². The topological polar surface area (TPSA) is 84.2 Å². The highest BCUT2D eigenvalue weighted by Crippen LogP contribution is 2.30. The molecule has 0 saturated heterocycles. The molecular formula is C13H21N3O3. The lowest BCUT2D eigenvalue weighted by Gasteiger charge is -2.25. The summed E-state index contributed by atoms with van der Waals surface area (Å²) in [5, 5.41) is 16.0. The van der Waals surface area contributed by atoms with Gasteiger partial charge in [-0.2, -0.15) is 5.10 Å². The molecule has 1 aromatic rings.